The molecule has 1 unspecified atom stereocenters. The minimum absolute atomic E-state index is 0.456. The molecule has 25 heavy (non-hydrogen) atoms. The van der Waals surface area contributed by atoms with Crippen LogP contribution in [-0.4, -0.2) is 46.3 Å². The van der Waals surface area contributed by atoms with Crippen molar-refractivity contribution in [3.63, 3.8) is 0 Å². The van der Waals surface area contributed by atoms with Gasteiger partial charge >= 0.3 is 0 Å². The third kappa shape index (κ3) is 2.49. The summed E-state index contributed by atoms with van der Waals surface area (Å²) < 4.78 is 1.85. The number of nitrogens with two attached hydrogens (primary N) is 1. The van der Waals surface area contributed by atoms with Crippen molar-refractivity contribution < 1.29 is 0 Å². The molecule has 2 fully saturated rings. The Morgan fingerprint density at radius 2 is 2.12 bits per heavy atom. The van der Waals surface area contributed by atoms with Crippen molar-refractivity contribution in [1.82, 2.24) is 30.3 Å². The Kier molecular flexibility index (Phi) is 3.46. The van der Waals surface area contributed by atoms with Crippen molar-refractivity contribution in [3.05, 3.63) is 29.2 Å². The van der Waals surface area contributed by atoms with Gasteiger partial charge in [-0.1, -0.05) is 0 Å². The van der Waals surface area contributed by atoms with E-state index in [4.69, 9.17) is 10.7 Å². The molecule has 4 heterocycles. The molecular formula is C18H25N7. The summed E-state index contributed by atoms with van der Waals surface area (Å²) in [6, 6.07) is 0. The van der Waals surface area contributed by atoms with Gasteiger partial charge in [-0.25, -0.2) is 10.4 Å². The zero-order chi connectivity index (χ0) is 17.0. The van der Waals surface area contributed by atoms with E-state index in [1.54, 1.807) is 0 Å². The second-order valence-corrected chi connectivity index (χ2v) is 7.51. The topological polar surface area (TPSA) is 83.5 Å². The molecule has 1 saturated heterocycles. The third-order valence-corrected chi connectivity index (χ3v) is 5.63. The van der Waals surface area contributed by atoms with Crippen LogP contribution in [0.4, 0.5) is 5.82 Å². The Morgan fingerprint density at radius 3 is 2.80 bits per heavy atom. The summed E-state index contributed by atoms with van der Waals surface area (Å²) in [5, 5.41) is 10.1. The van der Waals surface area contributed by atoms with E-state index in [0.29, 0.717) is 11.8 Å². The number of nitrogens with zero attached hydrogens (tertiary/aromatic N) is 4. The third-order valence-electron chi connectivity index (χ3n) is 5.63. The number of piperidine rings is 1. The van der Waals surface area contributed by atoms with Crippen molar-refractivity contribution in [2.45, 2.75) is 37.5 Å². The van der Waals surface area contributed by atoms with Crippen LogP contribution < -0.4 is 16.5 Å². The van der Waals surface area contributed by atoms with E-state index in [2.05, 4.69) is 22.0 Å². The molecule has 7 heteroatoms. The number of hydrogen-bond donors (Lipinski definition) is 3. The summed E-state index contributed by atoms with van der Waals surface area (Å²) >= 11 is 0. The summed E-state index contributed by atoms with van der Waals surface area (Å²) in [6.45, 7) is 2.90. The zero-order valence-electron chi connectivity index (χ0n) is 14.6. The summed E-state index contributed by atoms with van der Waals surface area (Å²) in [7, 11) is 2.00. The van der Waals surface area contributed by atoms with Crippen LogP contribution >= 0.6 is 0 Å². The summed E-state index contributed by atoms with van der Waals surface area (Å²) in [4.78, 5) is 5.14. The monoisotopic (exact) mass is 339 g/mol. The average molecular weight is 339 g/mol. The highest BCUT2D eigenvalue weighted by Gasteiger charge is 2.34. The van der Waals surface area contributed by atoms with Crippen LogP contribution in [0.25, 0.3) is 11.2 Å². The van der Waals surface area contributed by atoms with E-state index >= 15 is 0 Å². The minimum Gasteiger partial charge on any atom is -0.383 e. The smallest absolute Gasteiger partial charge is 0.165 e. The lowest BCUT2D eigenvalue weighted by atomic mass is 9.91. The van der Waals surface area contributed by atoms with Crippen LogP contribution in [0.2, 0.25) is 0 Å². The molecule has 5 rings (SSSR count). The van der Waals surface area contributed by atoms with Crippen LogP contribution in [0, 0.1) is 0 Å². The molecule has 3 aliphatic rings. The fourth-order valence-corrected chi connectivity index (χ4v) is 4.16. The van der Waals surface area contributed by atoms with Crippen molar-refractivity contribution in [1.29, 1.82) is 0 Å². The predicted molar refractivity (Wildman–Crippen MR) is 98.0 cm³/mol. The fraction of sp³-hybridized carbons (Fsp3) is 0.556. The summed E-state index contributed by atoms with van der Waals surface area (Å²) in [5.74, 6) is 1.82. The van der Waals surface area contributed by atoms with Crippen molar-refractivity contribution >= 4 is 17.0 Å². The molecule has 1 aliphatic carbocycles. The second kappa shape index (κ2) is 5.71. The van der Waals surface area contributed by atoms with Gasteiger partial charge in [-0.2, -0.15) is 9.61 Å². The maximum absolute atomic E-state index is 6.60. The molecule has 2 aromatic rings. The number of hydrogen-bond acceptors (Lipinski definition) is 6. The number of hydrazine groups is 1. The largest absolute Gasteiger partial charge is 0.383 e. The van der Waals surface area contributed by atoms with Crippen molar-refractivity contribution in [2.75, 3.05) is 32.4 Å². The maximum Gasteiger partial charge on any atom is 0.165 e. The maximum atomic E-state index is 6.60. The van der Waals surface area contributed by atoms with Crippen LogP contribution in [0.3, 0.4) is 0 Å². The van der Waals surface area contributed by atoms with E-state index in [-0.39, 0.29) is 0 Å². The second-order valence-electron chi connectivity index (χ2n) is 7.51. The van der Waals surface area contributed by atoms with Gasteiger partial charge in [0.15, 0.2) is 5.65 Å². The molecule has 0 radical (unpaired) electrons. The Hall–Kier alpha value is -2.12. The molecule has 7 nitrogen and oxygen atoms in total. The Balaban J connectivity index is 1.68. The highest BCUT2D eigenvalue weighted by atomic mass is 15.5. The van der Waals surface area contributed by atoms with Crippen LogP contribution in [0.1, 0.15) is 54.3 Å². The van der Waals surface area contributed by atoms with Gasteiger partial charge in [0, 0.05) is 43.4 Å². The highest BCUT2D eigenvalue weighted by molar-refractivity contribution is 5.78. The molecule has 0 spiro atoms. The molecule has 2 aliphatic heterocycles. The highest BCUT2D eigenvalue weighted by Crippen LogP contribution is 2.46. The fourth-order valence-electron chi connectivity index (χ4n) is 4.16. The SMILES string of the molecule is CN1C=C(c2cnn3c(N)c(C4CC4)c(C4CCCNC4)nc23)CN1. The molecule has 132 valence electrons. The standard InChI is InChI=1S/C18H25N7/c1-24-10-13(8-21-24)14-9-22-25-17(19)15(11-4-5-11)16(23-18(14)25)12-3-2-6-20-7-12/h9-12,20-21H,2-8,19H2,1H3. The molecule has 0 bridgehead atoms. The first kappa shape index (κ1) is 15.2. The van der Waals surface area contributed by atoms with Gasteiger partial charge in [-0.05, 0) is 43.7 Å². The Labute approximate surface area is 147 Å². The van der Waals surface area contributed by atoms with E-state index in [1.165, 1.54) is 42.5 Å². The first-order valence-electron chi connectivity index (χ1n) is 9.27. The molecule has 0 amide bonds. The van der Waals surface area contributed by atoms with Crippen molar-refractivity contribution in [3.8, 4) is 0 Å². The van der Waals surface area contributed by atoms with Crippen molar-refractivity contribution in [2.24, 2.45) is 0 Å². The number of anilines is 1. The first-order valence-corrected chi connectivity index (χ1v) is 9.27. The summed E-state index contributed by atoms with van der Waals surface area (Å²) in [5.41, 5.74) is 15.5. The Bertz CT molecular complexity index is 843. The van der Waals surface area contributed by atoms with E-state index < -0.39 is 0 Å². The molecular weight excluding hydrogens is 314 g/mol. The molecule has 0 aromatic carbocycles. The van der Waals surface area contributed by atoms with Gasteiger partial charge in [-0.15, -0.1) is 0 Å². The van der Waals surface area contributed by atoms with Gasteiger partial charge < -0.3 is 16.1 Å². The predicted octanol–water partition coefficient (Wildman–Crippen LogP) is 1.45. The van der Waals surface area contributed by atoms with E-state index in [0.717, 1.165) is 36.7 Å². The van der Waals surface area contributed by atoms with Gasteiger partial charge in [0.2, 0.25) is 0 Å². The molecule has 4 N–H and O–H groups in total. The normalized spacial score (nSPS) is 24.1. The molecule has 1 atom stereocenters. The van der Waals surface area contributed by atoms with Crippen LogP contribution in [0.15, 0.2) is 12.4 Å². The van der Waals surface area contributed by atoms with Crippen LogP contribution in [0.5, 0.6) is 0 Å². The summed E-state index contributed by atoms with van der Waals surface area (Å²) in [6.07, 6.45) is 8.84. The zero-order valence-corrected chi connectivity index (χ0v) is 14.6. The van der Waals surface area contributed by atoms with Gasteiger partial charge in [0.05, 0.1) is 11.9 Å². The minimum atomic E-state index is 0.456. The number of aromatic nitrogens is 3. The van der Waals surface area contributed by atoms with E-state index in [9.17, 15) is 0 Å². The van der Waals surface area contributed by atoms with E-state index in [1.807, 2.05) is 22.8 Å². The quantitative estimate of drug-likeness (QED) is 0.785. The van der Waals surface area contributed by atoms with Gasteiger partial charge in [-0.3, -0.25) is 0 Å². The van der Waals surface area contributed by atoms with Crippen LogP contribution in [-0.2, 0) is 0 Å². The molecule has 2 aromatic heterocycles. The van der Waals surface area contributed by atoms with Gasteiger partial charge in [0.1, 0.15) is 5.82 Å². The lowest BCUT2D eigenvalue weighted by Gasteiger charge is -2.25. The number of nitrogen functional groups attached to an aromatic ring is 1. The lowest BCUT2D eigenvalue weighted by molar-refractivity contribution is 0.374. The first-order chi connectivity index (χ1) is 12.2. The number of fused-ring (bicyclic) bond motifs is 1. The number of rotatable bonds is 3. The number of nitrogens with one attached hydrogen (secondary N) is 2. The Morgan fingerprint density at radius 1 is 1.24 bits per heavy atom. The average Bonchev–Trinajstić information content (AvgIpc) is 3.22. The van der Waals surface area contributed by atoms with Gasteiger partial charge in [0.25, 0.3) is 0 Å². The molecule has 1 saturated carbocycles. The lowest BCUT2D eigenvalue weighted by Crippen LogP contribution is -2.30.